The van der Waals surface area contributed by atoms with Crippen molar-refractivity contribution in [3.05, 3.63) is 36.5 Å². The summed E-state index contributed by atoms with van der Waals surface area (Å²) in [5, 5.41) is 1.09. The van der Waals surface area contributed by atoms with Gasteiger partial charge < -0.3 is 10.5 Å². The van der Waals surface area contributed by atoms with Crippen molar-refractivity contribution in [2.24, 2.45) is 5.73 Å². The summed E-state index contributed by atoms with van der Waals surface area (Å²) in [6.07, 6.45) is 2.59. The fourth-order valence-electron chi connectivity index (χ4n) is 2.27. The average molecular weight is 244 g/mol. The molecule has 1 aromatic carbocycles. The van der Waals surface area contributed by atoms with Crippen molar-refractivity contribution in [2.45, 2.75) is 38.8 Å². The Morgan fingerprint density at radius 3 is 2.72 bits per heavy atom. The molecule has 3 heteroatoms. The number of nitrogens with zero attached hydrogens (tertiary/aromatic N) is 1. The van der Waals surface area contributed by atoms with E-state index in [4.69, 9.17) is 10.5 Å². The van der Waals surface area contributed by atoms with E-state index in [1.165, 1.54) is 0 Å². The summed E-state index contributed by atoms with van der Waals surface area (Å²) in [6.45, 7) is 6.10. The second-order valence-corrected chi connectivity index (χ2v) is 5.37. The second-order valence-electron chi connectivity index (χ2n) is 5.37. The van der Waals surface area contributed by atoms with E-state index >= 15 is 0 Å². The van der Waals surface area contributed by atoms with Crippen LogP contribution >= 0.6 is 0 Å². The smallest absolute Gasteiger partial charge is 0.146 e. The van der Waals surface area contributed by atoms with Gasteiger partial charge in [0, 0.05) is 24.0 Å². The molecule has 1 heterocycles. The number of rotatable bonds is 4. The summed E-state index contributed by atoms with van der Waals surface area (Å²) < 4.78 is 6.08. The number of hydrogen-bond donors (Lipinski definition) is 1. The highest BCUT2D eigenvalue weighted by Crippen LogP contribution is 2.28. The predicted octanol–water partition coefficient (Wildman–Crippen LogP) is 3.13. The van der Waals surface area contributed by atoms with E-state index in [0.717, 1.165) is 23.1 Å². The summed E-state index contributed by atoms with van der Waals surface area (Å²) in [5.41, 5.74) is 6.46. The van der Waals surface area contributed by atoms with Crippen LogP contribution < -0.4 is 10.5 Å². The first kappa shape index (κ1) is 12.8. The standard InChI is InChI=1S/C15H20N2O/c1-11(16)10-15(2,3)18-13-8-4-6-12-7-5-9-17-14(12)13/h4-9,11H,10,16H2,1-3H3. The molecule has 1 aromatic heterocycles. The second kappa shape index (κ2) is 4.94. The Labute approximate surface area is 108 Å². The topological polar surface area (TPSA) is 48.1 Å². The Morgan fingerprint density at radius 2 is 2.00 bits per heavy atom. The maximum atomic E-state index is 6.08. The zero-order valence-corrected chi connectivity index (χ0v) is 11.2. The Hall–Kier alpha value is -1.61. The Morgan fingerprint density at radius 1 is 1.28 bits per heavy atom. The van der Waals surface area contributed by atoms with Crippen LogP contribution in [0.5, 0.6) is 5.75 Å². The lowest BCUT2D eigenvalue weighted by Gasteiger charge is -2.28. The van der Waals surface area contributed by atoms with Crippen molar-refractivity contribution in [3.63, 3.8) is 0 Å². The molecule has 3 nitrogen and oxygen atoms in total. The molecule has 0 saturated heterocycles. The van der Waals surface area contributed by atoms with Gasteiger partial charge in [-0.3, -0.25) is 4.98 Å². The molecule has 2 N–H and O–H groups in total. The molecule has 0 aliphatic rings. The molecular formula is C15H20N2O. The molecule has 0 radical (unpaired) electrons. The summed E-state index contributed by atoms with van der Waals surface area (Å²) in [7, 11) is 0. The minimum absolute atomic E-state index is 0.114. The highest BCUT2D eigenvalue weighted by molar-refractivity contribution is 5.84. The number of benzene rings is 1. The number of pyridine rings is 1. The molecule has 18 heavy (non-hydrogen) atoms. The van der Waals surface area contributed by atoms with Crippen molar-refractivity contribution in [1.82, 2.24) is 4.98 Å². The summed E-state index contributed by atoms with van der Waals surface area (Å²) in [6, 6.07) is 10.1. The zero-order valence-electron chi connectivity index (χ0n) is 11.2. The van der Waals surface area contributed by atoms with E-state index in [-0.39, 0.29) is 11.6 Å². The molecule has 2 rings (SSSR count). The Bertz CT molecular complexity index is 530. The SMILES string of the molecule is CC(N)CC(C)(C)Oc1cccc2cccnc12. The number of para-hydroxylation sites is 1. The fraction of sp³-hybridized carbons (Fsp3) is 0.400. The zero-order chi connectivity index (χ0) is 13.2. The predicted molar refractivity (Wildman–Crippen MR) is 74.7 cm³/mol. The largest absolute Gasteiger partial charge is 0.486 e. The highest BCUT2D eigenvalue weighted by atomic mass is 16.5. The molecule has 1 atom stereocenters. The van der Waals surface area contributed by atoms with Gasteiger partial charge in [-0.2, -0.15) is 0 Å². The Kier molecular flexibility index (Phi) is 3.53. The molecule has 0 bridgehead atoms. The van der Waals surface area contributed by atoms with E-state index in [1.807, 2.05) is 37.3 Å². The van der Waals surface area contributed by atoms with Crippen molar-refractivity contribution in [1.29, 1.82) is 0 Å². The monoisotopic (exact) mass is 244 g/mol. The molecule has 0 fully saturated rings. The van der Waals surface area contributed by atoms with Gasteiger partial charge in [-0.15, -0.1) is 0 Å². The van der Waals surface area contributed by atoms with Crippen molar-refractivity contribution < 1.29 is 4.74 Å². The quantitative estimate of drug-likeness (QED) is 0.898. The molecule has 0 aliphatic carbocycles. The van der Waals surface area contributed by atoms with Crippen molar-refractivity contribution in [2.75, 3.05) is 0 Å². The summed E-state index contributed by atoms with van der Waals surface area (Å²) in [5.74, 6) is 0.818. The van der Waals surface area contributed by atoms with Gasteiger partial charge >= 0.3 is 0 Å². The first-order valence-electron chi connectivity index (χ1n) is 6.26. The van der Waals surface area contributed by atoms with Gasteiger partial charge in [0.1, 0.15) is 16.9 Å². The van der Waals surface area contributed by atoms with Crippen LogP contribution in [-0.2, 0) is 0 Å². The molecular weight excluding hydrogens is 224 g/mol. The maximum Gasteiger partial charge on any atom is 0.146 e. The third kappa shape index (κ3) is 2.99. The number of ether oxygens (including phenoxy) is 1. The lowest BCUT2D eigenvalue weighted by Crippen LogP contribution is -2.35. The van der Waals surface area contributed by atoms with Gasteiger partial charge in [-0.05, 0) is 32.9 Å². The van der Waals surface area contributed by atoms with Crippen LogP contribution in [0.4, 0.5) is 0 Å². The van der Waals surface area contributed by atoms with Crippen LogP contribution in [0.15, 0.2) is 36.5 Å². The third-order valence-corrected chi connectivity index (χ3v) is 2.80. The maximum absolute atomic E-state index is 6.08. The van der Waals surface area contributed by atoms with Crippen molar-refractivity contribution >= 4 is 10.9 Å². The molecule has 0 spiro atoms. The molecule has 0 amide bonds. The third-order valence-electron chi connectivity index (χ3n) is 2.80. The lowest BCUT2D eigenvalue weighted by molar-refractivity contribution is 0.0950. The highest BCUT2D eigenvalue weighted by Gasteiger charge is 2.22. The van der Waals surface area contributed by atoms with Crippen LogP contribution in [0, 0.1) is 0 Å². The van der Waals surface area contributed by atoms with E-state index in [0.29, 0.717) is 0 Å². The molecule has 96 valence electrons. The number of aromatic nitrogens is 1. The summed E-state index contributed by atoms with van der Waals surface area (Å²) in [4.78, 5) is 4.39. The average Bonchev–Trinajstić information content (AvgIpc) is 2.27. The number of fused-ring (bicyclic) bond motifs is 1. The molecule has 0 saturated carbocycles. The van der Waals surface area contributed by atoms with Gasteiger partial charge in [0.15, 0.2) is 0 Å². The normalized spacial score (nSPS) is 13.6. The number of nitrogens with two attached hydrogens (primary N) is 1. The molecule has 1 unspecified atom stereocenters. The van der Waals surface area contributed by atoms with Gasteiger partial charge in [-0.1, -0.05) is 18.2 Å². The van der Waals surface area contributed by atoms with Crippen LogP contribution in [0.1, 0.15) is 27.2 Å². The van der Waals surface area contributed by atoms with Crippen LogP contribution in [-0.4, -0.2) is 16.6 Å². The van der Waals surface area contributed by atoms with Crippen LogP contribution in [0.2, 0.25) is 0 Å². The van der Waals surface area contributed by atoms with E-state index in [2.05, 4.69) is 18.8 Å². The minimum Gasteiger partial charge on any atom is -0.486 e. The Balaban J connectivity index is 2.32. The molecule has 0 aliphatic heterocycles. The first-order valence-corrected chi connectivity index (χ1v) is 6.26. The van der Waals surface area contributed by atoms with Gasteiger partial charge in [0.05, 0.1) is 0 Å². The van der Waals surface area contributed by atoms with Crippen LogP contribution in [0.25, 0.3) is 10.9 Å². The molecule has 2 aromatic rings. The van der Waals surface area contributed by atoms with Gasteiger partial charge in [-0.25, -0.2) is 0 Å². The van der Waals surface area contributed by atoms with Gasteiger partial charge in [0.25, 0.3) is 0 Å². The van der Waals surface area contributed by atoms with E-state index in [1.54, 1.807) is 6.20 Å². The van der Waals surface area contributed by atoms with E-state index < -0.39 is 0 Å². The minimum atomic E-state index is -0.292. The van der Waals surface area contributed by atoms with E-state index in [9.17, 15) is 0 Å². The van der Waals surface area contributed by atoms with Gasteiger partial charge in [0.2, 0.25) is 0 Å². The number of hydrogen-bond acceptors (Lipinski definition) is 3. The van der Waals surface area contributed by atoms with Crippen LogP contribution in [0.3, 0.4) is 0 Å². The fourth-order valence-corrected chi connectivity index (χ4v) is 2.27. The lowest BCUT2D eigenvalue weighted by atomic mass is 10.00. The van der Waals surface area contributed by atoms with Crippen molar-refractivity contribution in [3.8, 4) is 5.75 Å². The summed E-state index contributed by atoms with van der Waals surface area (Å²) >= 11 is 0. The first-order chi connectivity index (χ1) is 8.48.